The van der Waals surface area contributed by atoms with Gasteiger partial charge in [0.15, 0.2) is 11.5 Å². The molecule has 0 radical (unpaired) electrons. The molecule has 0 aliphatic rings. The molecule has 2 aromatic carbocycles. The Morgan fingerprint density at radius 2 is 1.66 bits per heavy atom. The lowest BCUT2D eigenvalue weighted by atomic mass is 10.2. The number of amides is 2. The van der Waals surface area contributed by atoms with Crippen molar-refractivity contribution >= 4 is 22.6 Å². The number of carbonyl (C=O) groups excluding carboxylic acids is 1. The van der Waals surface area contributed by atoms with Crippen LogP contribution in [-0.4, -0.2) is 30.2 Å². The van der Waals surface area contributed by atoms with Crippen LogP contribution in [0.2, 0.25) is 0 Å². The van der Waals surface area contributed by atoms with Crippen LogP contribution in [0.25, 0.3) is 10.9 Å². The predicted molar refractivity (Wildman–Crippen MR) is 121 cm³/mol. The maximum absolute atomic E-state index is 12.0. The van der Waals surface area contributed by atoms with Crippen molar-refractivity contribution in [1.29, 1.82) is 0 Å². The smallest absolute Gasteiger partial charge is 0.319 e. The summed E-state index contributed by atoms with van der Waals surface area (Å²) in [6.45, 7) is 0.271. The Morgan fingerprint density at radius 1 is 0.906 bits per heavy atom. The first-order chi connectivity index (χ1) is 15.6. The molecule has 8 heteroatoms. The number of benzene rings is 2. The Morgan fingerprint density at radius 3 is 2.31 bits per heavy atom. The number of aromatic nitrogens is 2. The highest BCUT2D eigenvalue weighted by Crippen LogP contribution is 2.37. The number of rotatable bonds is 7. The van der Waals surface area contributed by atoms with Crippen molar-refractivity contribution < 1.29 is 19.0 Å². The molecule has 4 aromatic rings. The van der Waals surface area contributed by atoms with Crippen LogP contribution in [0.1, 0.15) is 5.69 Å². The molecule has 0 aliphatic heterocycles. The van der Waals surface area contributed by atoms with Crippen LogP contribution in [0.3, 0.4) is 0 Å². The van der Waals surface area contributed by atoms with Gasteiger partial charge < -0.3 is 19.9 Å². The Labute approximate surface area is 185 Å². The number of nitrogens with zero attached hydrogens (tertiary/aromatic N) is 3. The standard InChI is InChI=1S/C24H22N4O4/c1-30-22-13-19-20(14-23(22)31-2)27-12-10-21(19)32-18-8-6-17(7-9-18)28(24(25)29)15-16-5-3-4-11-26-16/h3-14H,15H2,1-2H3,(H2,25,29). The molecule has 0 spiro atoms. The second-order valence-corrected chi connectivity index (χ2v) is 6.87. The minimum atomic E-state index is -0.564. The van der Waals surface area contributed by atoms with Crippen molar-refractivity contribution in [2.75, 3.05) is 19.1 Å². The monoisotopic (exact) mass is 430 g/mol. The van der Waals surface area contributed by atoms with Crippen LogP contribution in [0.4, 0.5) is 10.5 Å². The average molecular weight is 430 g/mol. The highest BCUT2D eigenvalue weighted by atomic mass is 16.5. The molecule has 32 heavy (non-hydrogen) atoms. The van der Waals surface area contributed by atoms with Crippen molar-refractivity contribution in [1.82, 2.24) is 9.97 Å². The van der Waals surface area contributed by atoms with E-state index in [4.69, 9.17) is 19.9 Å². The number of methoxy groups -OCH3 is 2. The highest BCUT2D eigenvalue weighted by molar-refractivity contribution is 5.91. The van der Waals surface area contributed by atoms with Gasteiger partial charge in [-0.15, -0.1) is 0 Å². The van der Waals surface area contributed by atoms with E-state index in [-0.39, 0.29) is 6.54 Å². The van der Waals surface area contributed by atoms with Crippen molar-refractivity contribution in [2.45, 2.75) is 6.54 Å². The van der Waals surface area contributed by atoms with E-state index >= 15 is 0 Å². The summed E-state index contributed by atoms with van der Waals surface area (Å²) in [5.74, 6) is 2.38. The summed E-state index contributed by atoms with van der Waals surface area (Å²) in [6.07, 6.45) is 3.34. The van der Waals surface area contributed by atoms with Crippen LogP contribution < -0.4 is 24.8 Å². The molecule has 2 amide bonds. The number of ether oxygens (including phenoxy) is 3. The fraction of sp³-hybridized carbons (Fsp3) is 0.125. The van der Waals surface area contributed by atoms with E-state index < -0.39 is 6.03 Å². The van der Waals surface area contributed by atoms with Gasteiger partial charge in [0.05, 0.1) is 32.0 Å². The van der Waals surface area contributed by atoms with Gasteiger partial charge in [0.25, 0.3) is 0 Å². The van der Waals surface area contributed by atoms with E-state index in [0.717, 1.165) is 11.1 Å². The molecule has 4 rings (SSSR count). The summed E-state index contributed by atoms with van der Waals surface area (Å²) >= 11 is 0. The molecule has 2 N–H and O–H groups in total. The van der Waals surface area contributed by atoms with E-state index in [1.54, 1.807) is 63.0 Å². The molecule has 162 valence electrons. The lowest BCUT2D eigenvalue weighted by Crippen LogP contribution is -2.35. The van der Waals surface area contributed by atoms with Gasteiger partial charge in [0, 0.05) is 29.5 Å². The summed E-state index contributed by atoms with van der Waals surface area (Å²) in [4.78, 5) is 22.1. The fourth-order valence-corrected chi connectivity index (χ4v) is 3.31. The van der Waals surface area contributed by atoms with Crippen LogP contribution in [-0.2, 0) is 6.54 Å². The third-order valence-electron chi connectivity index (χ3n) is 4.90. The number of fused-ring (bicyclic) bond motifs is 1. The van der Waals surface area contributed by atoms with Gasteiger partial charge in [-0.1, -0.05) is 6.07 Å². The van der Waals surface area contributed by atoms with E-state index in [1.807, 2.05) is 24.3 Å². The van der Waals surface area contributed by atoms with Crippen LogP contribution >= 0.6 is 0 Å². The number of pyridine rings is 2. The minimum Gasteiger partial charge on any atom is -0.493 e. The lowest BCUT2D eigenvalue weighted by Gasteiger charge is -2.20. The molecule has 0 saturated heterocycles. The predicted octanol–water partition coefficient (Wildman–Crippen LogP) is 4.52. The number of nitrogens with two attached hydrogens (primary N) is 1. The number of carbonyl (C=O) groups is 1. The third kappa shape index (κ3) is 4.39. The van der Waals surface area contributed by atoms with Crippen molar-refractivity contribution in [3.05, 3.63) is 78.8 Å². The van der Waals surface area contributed by atoms with E-state index in [9.17, 15) is 4.79 Å². The van der Waals surface area contributed by atoms with Gasteiger partial charge in [-0.3, -0.25) is 14.9 Å². The zero-order valence-corrected chi connectivity index (χ0v) is 17.7. The second-order valence-electron chi connectivity index (χ2n) is 6.87. The van der Waals surface area contributed by atoms with Crippen LogP contribution in [0, 0.1) is 0 Å². The summed E-state index contributed by atoms with van der Waals surface area (Å²) in [6, 6.07) is 17.5. The van der Waals surface area contributed by atoms with Crippen LogP contribution in [0.15, 0.2) is 73.1 Å². The quantitative estimate of drug-likeness (QED) is 0.463. The van der Waals surface area contributed by atoms with Gasteiger partial charge >= 0.3 is 6.03 Å². The maximum Gasteiger partial charge on any atom is 0.319 e. The molecule has 2 aromatic heterocycles. The molecule has 0 unspecified atom stereocenters. The number of hydrogen-bond donors (Lipinski definition) is 1. The molecular formula is C24H22N4O4. The first kappa shape index (κ1) is 20.9. The number of hydrogen-bond acceptors (Lipinski definition) is 6. The number of urea groups is 1. The van der Waals surface area contributed by atoms with Gasteiger partial charge in [-0.2, -0.15) is 0 Å². The Kier molecular flexibility index (Phi) is 6.03. The number of anilines is 1. The van der Waals surface area contributed by atoms with Crippen molar-refractivity contribution in [2.24, 2.45) is 5.73 Å². The number of primary amides is 1. The lowest BCUT2D eigenvalue weighted by molar-refractivity contribution is 0.253. The molecule has 8 nitrogen and oxygen atoms in total. The van der Waals surface area contributed by atoms with Gasteiger partial charge in [-0.25, -0.2) is 4.79 Å². The SMILES string of the molecule is COc1cc2nccc(Oc3ccc(N(Cc4ccccn4)C(N)=O)cc3)c2cc1OC. The second kappa shape index (κ2) is 9.22. The molecule has 0 aliphatic carbocycles. The normalized spacial score (nSPS) is 10.6. The zero-order valence-electron chi connectivity index (χ0n) is 17.7. The Balaban J connectivity index is 1.59. The first-order valence-electron chi connectivity index (χ1n) is 9.84. The largest absolute Gasteiger partial charge is 0.493 e. The van der Waals surface area contributed by atoms with Crippen LogP contribution in [0.5, 0.6) is 23.0 Å². The van der Waals surface area contributed by atoms with Crippen molar-refractivity contribution in [3.63, 3.8) is 0 Å². The average Bonchev–Trinajstić information content (AvgIpc) is 2.83. The first-order valence-corrected chi connectivity index (χ1v) is 9.84. The zero-order chi connectivity index (χ0) is 22.5. The summed E-state index contributed by atoms with van der Waals surface area (Å²) in [5, 5.41) is 0.781. The molecular weight excluding hydrogens is 408 g/mol. The molecule has 0 bridgehead atoms. The maximum atomic E-state index is 12.0. The fourth-order valence-electron chi connectivity index (χ4n) is 3.31. The minimum absolute atomic E-state index is 0.271. The van der Waals surface area contributed by atoms with Gasteiger partial charge in [0.2, 0.25) is 0 Å². The molecule has 2 heterocycles. The highest BCUT2D eigenvalue weighted by Gasteiger charge is 2.15. The Hall–Kier alpha value is -4.33. The summed E-state index contributed by atoms with van der Waals surface area (Å²) < 4.78 is 16.8. The van der Waals surface area contributed by atoms with Gasteiger partial charge in [0.1, 0.15) is 11.5 Å². The summed E-state index contributed by atoms with van der Waals surface area (Å²) in [7, 11) is 3.16. The van der Waals surface area contributed by atoms with Gasteiger partial charge in [-0.05, 0) is 48.5 Å². The Bertz CT molecular complexity index is 1230. The molecule has 0 fully saturated rings. The van der Waals surface area contributed by atoms with E-state index in [0.29, 0.717) is 34.2 Å². The molecule has 0 atom stereocenters. The van der Waals surface area contributed by atoms with E-state index in [2.05, 4.69) is 9.97 Å². The topological polar surface area (TPSA) is 99.8 Å². The summed E-state index contributed by atoms with van der Waals surface area (Å²) in [5.41, 5.74) is 7.68. The van der Waals surface area contributed by atoms with E-state index in [1.165, 1.54) is 4.90 Å². The third-order valence-corrected chi connectivity index (χ3v) is 4.90. The molecule has 0 saturated carbocycles. The van der Waals surface area contributed by atoms with Crippen molar-refractivity contribution in [3.8, 4) is 23.0 Å².